The van der Waals surface area contributed by atoms with E-state index in [4.69, 9.17) is 5.73 Å². The van der Waals surface area contributed by atoms with Crippen LogP contribution >= 0.6 is 0 Å². The molecule has 4 aromatic rings. The van der Waals surface area contributed by atoms with E-state index in [1.165, 1.54) is 0 Å². The van der Waals surface area contributed by atoms with Crippen molar-refractivity contribution in [3.8, 4) is 11.4 Å². The summed E-state index contributed by atoms with van der Waals surface area (Å²) in [4.78, 5) is 26.6. The van der Waals surface area contributed by atoms with E-state index in [1.54, 1.807) is 18.5 Å². The van der Waals surface area contributed by atoms with Gasteiger partial charge in [0.2, 0.25) is 0 Å². The number of anilines is 1. The van der Waals surface area contributed by atoms with Crippen molar-refractivity contribution in [2.75, 3.05) is 5.73 Å². The lowest BCUT2D eigenvalue weighted by Gasteiger charge is -2.01. The first-order valence-corrected chi connectivity index (χ1v) is 6.44. The van der Waals surface area contributed by atoms with Crippen molar-refractivity contribution >= 4 is 27.6 Å². The van der Waals surface area contributed by atoms with Crippen LogP contribution in [0.15, 0.2) is 47.5 Å². The van der Waals surface area contributed by atoms with Crippen molar-refractivity contribution in [2.24, 2.45) is 0 Å². The first-order valence-electron chi connectivity index (χ1n) is 6.44. The quantitative estimate of drug-likeness (QED) is 0.495. The van der Waals surface area contributed by atoms with Gasteiger partial charge in [-0.15, -0.1) is 0 Å². The number of nitrogens with one attached hydrogen (secondary N) is 2. The number of aromatic amines is 2. The summed E-state index contributed by atoms with van der Waals surface area (Å²) in [7, 11) is 0. The molecule has 6 heteroatoms. The average Bonchev–Trinajstić information content (AvgIpc) is 2.84. The maximum atomic E-state index is 12.2. The highest BCUT2D eigenvalue weighted by atomic mass is 16.1. The number of fused-ring (bicyclic) bond motifs is 2. The van der Waals surface area contributed by atoms with Crippen LogP contribution in [0.1, 0.15) is 0 Å². The van der Waals surface area contributed by atoms with Crippen LogP contribution in [0.3, 0.4) is 0 Å². The van der Waals surface area contributed by atoms with Gasteiger partial charge in [-0.2, -0.15) is 0 Å². The topological polar surface area (TPSA) is 100 Å². The molecule has 4 N–H and O–H groups in total. The number of H-pyrrole nitrogens is 2. The van der Waals surface area contributed by atoms with E-state index in [9.17, 15) is 4.79 Å². The lowest BCUT2D eigenvalue weighted by atomic mass is 10.2. The van der Waals surface area contributed by atoms with E-state index < -0.39 is 0 Å². The average molecular weight is 277 g/mol. The van der Waals surface area contributed by atoms with Gasteiger partial charge in [0.15, 0.2) is 5.69 Å². The fourth-order valence-electron chi connectivity index (χ4n) is 2.45. The maximum absolute atomic E-state index is 12.2. The van der Waals surface area contributed by atoms with Crippen molar-refractivity contribution in [2.45, 2.75) is 0 Å². The zero-order chi connectivity index (χ0) is 14.4. The van der Waals surface area contributed by atoms with Crippen LogP contribution in [-0.4, -0.2) is 19.9 Å². The first kappa shape index (κ1) is 11.7. The minimum atomic E-state index is -0.285. The van der Waals surface area contributed by atoms with Crippen LogP contribution in [-0.2, 0) is 0 Å². The summed E-state index contributed by atoms with van der Waals surface area (Å²) in [5, 5.41) is 0.875. The third kappa shape index (κ3) is 1.69. The minimum absolute atomic E-state index is 0.268. The number of hydrogen-bond donors (Lipinski definition) is 3. The van der Waals surface area contributed by atoms with Gasteiger partial charge in [-0.1, -0.05) is 18.2 Å². The molecule has 0 bridgehead atoms. The summed E-state index contributed by atoms with van der Waals surface area (Å²) in [6.45, 7) is 0. The standard InChI is InChI=1S/C15H11N5O/c16-12-8-3-1-2-4-9(8)18-13(12)14-15(21)20-10-5-6-17-7-11(10)19-14/h1-7,18H,16H2,(H,20,21). The number of pyridine rings is 1. The molecule has 0 saturated carbocycles. The number of benzene rings is 1. The second-order valence-corrected chi connectivity index (χ2v) is 4.77. The molecule has 0 radical (unpaired) electrons. The predicted octanol–water partition coefficient (Wildman–Crippen LogP) is 2.05. The second-order valence-electron chi connectivity index (χ2n) is 4.77. The van der Waals surface area contributed by atoms with E-state index >= 15 is 0 Å². The number of hydrogen-bond acceptors (Lipinski definition) is 4. The fraction of sp³-hybridized carbons (Fsp3) is 0. The fourth-order valence-corrected chi connectivity index (χ4v) is 2.45. The number of nitrogen functional groups attached to an aromatic ring is 1. The van der Waals surface area contributed by atoms with Gasteiger partial charge in [0.05, 0.1) is 23.1 Å². The summed E-state index contributed by atoms with van der Waals surface area (Å²) in [5.41, 5.74) is 9.31. The molecule has 0 aliphatic heterocycles. The van der Waals surface area contributed by atoms with E-state index in [-0.39, 0.29) is 11.3 Å². The maximum Gasteiger partial charge on any atom is 0.276 e. The molecular weight excluding hydrogens is 266 g/mol. The normalized spacial score (nSPS) is 11.2. The molecule has 1 aromatic carbocycles. The van der Waals surface area contributed by atoms with Crippen LogP contribution in [0.25, 0.3) is 33.3 Å². The Morgan fingerprint density at radius 1 is 1.05 bits per heavy atom. The summed E-state index contributed by atoms with van der Waals surface area (Å²) in [6, 6.07) is 9.33. The monoisotopic (exact) mass is 277 g/mol. The number of nitrogens with two attached hydrogens (primary N) is 1. The molecule has 0 aliphatic rings. The molecule has 0 spiro atoms. The SMILES string of the molecule is Nc1c(-c2nc3cnccc3[nH]c2=O)[nH]c2ccccc12. The van der Waals surface area contributed by atoms with E-state index in [0.29, 0.717) is 22.4 Å². The van der Waals surface area contributed by atoms with Gasteiger partial charge in [-0.05, 0) is 12.1 Å². The molecule has 0 aliphatic carbocycles. The number of rotatable bonds is 1. The summed E-state index contributed by atoms with van der Waals surface area (Å²) < 4.78 is 0. The lowest BCUT2D eigenvalue weighted by molar-refractivity contribution is 1.19. The third-order valence-corrected chi connectivity index (χ3v) is 3.48. The van der Waals surface area contributed by atoms with Crippen molar-refractivity contribution in [1.29, 1.82) is 0 Å². The number of para-hydroxylation sites is 1. The smallest absolute Gasteiger partial charge is 0.276 e. The van der Waals surface area contributed by atoms with Crippen molar-refractivity contribution in [3.63, 3.8) is 0 Å². The van der Waals surface area contributed by atoms with E-state index in [1.807, 2.05) is 24.3 Å². The highest BCUT2D eigenvalue weighted by Crippen LogP contribution is 2.30. The molecule has 21 heavy (non-hydrogen) atoms. The first-order chi connectivity index (χ1) is 10.2. The molecule has 6 nitrogen and oxygen atoms in total. The predicted molar refractivity (Wildman–Crippen MR) is 81.9 cm³/mol. The Bertz CT molecular complexity index is 1030. The zero-order valence-electron chi connectivity index (χ0n) is 10.9. The van der Waals surface area contributed by atoms with Crippen LogP contribution in [0.4, 0.5) is 5.69 Å². The number of aromatic nitrogens is 4. The van der Waals surface area contributed by atoms with Gasteiger partial charge >= 0.3 is 0 Å². The van der Waals surface area contributed by atoms with Gasteiger partial charge < -0.3 is 15.7 Å². The Kier molecular flexibility index (Phi) is 2.32. The molecule has 0 unspecified atom stereocenters. The van der Waals surface area contributed by atoms with Gasteiger partial charge in [0.25, 0.3) is 5.56 Å². The number of nitrogens with zero attached hydrogens (tertiary/aromatic N) is 2. The van der Waals surface area contributed by atoms with Crippen molar-refractivity contribution in [1.82, 2.24) is 19.9 Å². The Balaban J connectivity index is 2.06. The van der Waals surface area contributed by atoms with Gasteiger partial charge in [0.1, 0.15) is 5.52 Å². The van der Waals surface area contributed by atoms with Gasteiger partial charge in [0, 0.05) is 17.1 Å². The third-order valence-electron chi connectivity index (χ3n) is 3.48. The van der Waals surface area contributed by atoms with Crippen LogP contribution in [0.2, 0.25) is 0 Å². The van der Waals surface area contributed by atoms with Crippen LogP contribution in [0.5, 0.6) is 0 Å². The van der Waals surface area contributed by atoms with Crippen LogP contribution in [0, 0.1) is 0 Å². The van der Waals surface area contributed by atoms with Gasteiger partial charge in [-0.25, -0.2) is 4.98 Å². The van der Waals surface area contributed by atoms with Crippen LogP contribution < -0.4 is 11.3 Å². The lowest BCUT2D eigenvalue weighted by Crippen LogP contribution is -2.12. The van der Waals surface area contributed by atoms with Crippen molar-refractivity contribution < 1.29 is 0 Å². The zero-order valence-corrected chi connectivity index (χ0v) is 10.9. The van der Waals surface area contributed by atoms with E-state index in [0.717, 1.165) is 10.9 Å². The molecule has 3 aromatic heterocycles. The highest BCUT2D eigenvalue weighted by molar-refractivity contribution is 5.99. The molecular formula is C15H11N5O. The molecule has 4 rings (SSSR count). The Morgan fingerprint density at radius 2 is 1.90 bits per heavy atom. The molecule has 0 amide bonds. The summed E-state index contributed by atoms with van der Waals surface area (Å²) in [5.74, 6) is 0. The largest absolute Gasteiger partial charge is 0.396 e. The minimum Gasteiger partial charge on any atom is -0.396 e. The highest BCUT2D eigenvalue weighted by Gasteiger charge is 2.15. The second kappa shape index (κ2) is 4.17. The Labute approximate surface area is 118 Å². The Hall–Kier alpha value is -3.15. The van der Waals surface area contributed by atoms with Gasteiger partial charge in [-0.3, -0.25) is 9.78 Å². The molecule has 0 atom stereocenters. The van der Waals surface area contributed by atoms with Crippen molar-refractivity contribution in [3.05, 3.63) is 53.1 Å². The Morgan fingerprint density at radius 3 is 2.76 bits per heavy atom. The summed E-state index contributed by atoms with van der Waals surface area (Å²) in [6.07, 6.45) is 3.21. The summed E-state index contributed by atoms with van der Waals surface area (Å²) >= 11 is 0. The molecule has 0 fully saturated rings. The molecule has 3 heterocycles. The molecule has 0 saturated heterocycles. The van der Waals surface area contributed by atoms with E-state index in [2.05, 4.69) is 19.9 Å². The molecule has 102 valence electrons.